The number of aromatic nitrogens is 4. The van der Waals surface area contributed by atoms with Gasteiger partial charge in [-0.3, -0.25) is 9.89 Å². The Balaban J connectivity index is 1.39. The first-order valence-corrected chi connectivity index (χ1v) is 8.48. The smallest absolute Gasteiger partial charge is 0.224 e. The van der Waals surface area contributed by atoms with Crippen LogP contribution in [-0.2, 0) is 11.3 Å². The topological polar surface area (TPSA) is 66.8 Å². The third kappa shape index (κ3) is 2.91. The summed E-state index contributed by atoms with van der Waals surface area (Å²) in [6.07, 6.45) is 6.26. The molecular weight excluding hydrogens is 302 g/mol. The predicted molar refractivity (Wildman–Crippen MR) is 91.5 cm³/mol. The Kier molecular flexibility index (Phi) is 4.02. The number of aromatic amines is 1. The first-order chi connectivity index (χ1) is 11.8. The van der Waals surface area contributed by atoms with Gasteiger partial charge in [0.2, 0.25) is 5.91 Å². The molecule has 2 aromatic heterocycles. The van der Waals surface area contributed by atoms with Gasteiger partial charge in [-0.1, -0.05) is 12.1 Å². The summed E-state index contributed by atoms with van der Waals surface area (Å²) in [5.74, 6) is 0.594. The molecule has 4 rings (SSSR count). The number of likely N-dealkylation sites (tertiary alicyclic amines) is 1. The molecule has 1 aliphatic rings. The molecule has 124 valence electrons. The summed E-state index contributed by atoms with van der Waals surface area (Å²) >= 11 is 0. The average molecular weight is 323 g/mol. The number of nitrogens with zero attached hydrogens (tertiary/aromatic N) is 4. The van der Waals surface area contributed by atoms with Crippen molar-refractivity contribution >= 4 is 16.9 Å². The molecule has 1 saturated heterocycles. The number of benzene rings is 1. The quantitative estimate of drug-likeness (QED) is 0.802. The molecule has 1 atom stereocenters. The molecule has 0 spiro atoms. The SMILES string of the molecule is O=C(CCn1cnc2ccccc21)N1CCC[C@H](c2ccn[nH]2)C1. The van der Waals surface area contributed by atoms with E-state index in [1.165, 1.54) is 0 Å². The second kappa shape index (κ2) is 6.47. The average Bonchev–Trinajstić information content (AvgIpc) is 3.30. The number of amides is 1. The number of hydrogen-bond acceptors (Lipinski definition) is 3. The zero-order valence-electron chi connectivity index (χ0n) is 13.6. The molecule has 3 aromatic rings. The third-order valence-electron chi connectivity index (χ3n) is 4.83. The van der Waals surface area contributed by atoms with Crippen LogP contribution in [0.1, 0.15) is 30.9 Å². The van der Waals surface area contributed by atoms with Crippen LogP contribution < -0.4 is 0 Å². The number of para-hydroxylation sites is 2. The predicted octanol–water partition coefficient (Wildman–Crippen LogP) is 2.56. The molecule has 6 nitrogen and oxygen atoms in total. The molecule has 0 aliphatic carbocycles. The van der Waals surface area contributed by atoms with Crippen LogP contribution in [0.3, 0.4) is 0 Å². The first-order valence-electron chi connectivity index (χ1n) is 8.48. The van der Waals surface area contributed by atoms with Crippen molar-refractivity contribution in [3.8, 4) is 0 Å². The Morgan fingerprint density at radius 2 is 2.21 bits per heavy atom. The molecule has 0 saturated carbocycles. The molecule has 1 amide bonds. The summed E-state index contributed by atoms with van der Waals surface area (Å²) < 4.78 is 2.06. The van der Waals surface area contributed by atoms with Gasteiger partial charge in [0.1, 0.15) is 0 Å². The highest BCUT2D eigenvalue weighted by atomic mass is 16.2. The Labute approximate surface area is 140 Å². The fourth-order valence-electron chi connectivity index (χ4n) is 3.51. The third-order valence-corrected chi connectivity index (χ3v) is 4.83. The molecule has 24 heavy (non-hydrogen) atoms. The van der Waals surface area contributed by atoms with Gasteiger partial charge in [0.15, 0.2) is 0 Å². The summed E-state index contributed by atoms with van der Waals surface area (Å²) in [6.45, 7) is 2.31. The van der Waals surface area contributed by atoms with E-state index in [1.807, 2.05) is 41.6 Å². The summed E-state index contributed by atoms with van der Waals surface area (Å²) in [5, 5.41) is 7.07. The molecule has 1 aliphatic heterocycles. The fraction of sp³-hybridized carbons (Fsp3) is 0.389. The largest absolute Gasteiger partial charge is 0.342 e. The number of hydrogen-bond donors (Lipinski definition) is 1. The van der Waals surface area contributed by atoms with Crippen LogP contribution >= 0.6 is 0 Å². The van der Waals surface area contributed by atoms with Gasteiger partial charge in [0.05, 0.1) is 17.4 Å². The van der Waals surface area contributed by atoms with E-state index < -0.39 is 0 Å². The van der Waals surface area contributed by atoms with Crippen molar-refractivity contribution in [3.05, 3.63) is 48.5 Å². The zero-order chi connectivity index (χ0) is 16.4. The molecule has 6 heteroatoms. The van der Waals surface area contributed by atoms with Crippen LogP contribution in [0.15, 0.2) is 42.9 Å². The highest BCUT2D eigenvalue weighted by Gasteiger charge is 2.25. The normalized spacial score (nSPS) is 18.2. The van der Waals surface area contributed by atoms with Gasteiger partial charge in [0, 0.05) is 43.9 Å². The summed E-state index contributed by atoms with van der Waals surface area (Å²) in [7, 11) is 0. The maximum atomic E-state index is 12.6. The van der Waals surface area contributed by atoms with Crippen molar-refractivity contribution in [1.29, 1.82) is 0 Å². The van der Waals surface area contributed by atoms with E-state index in [0.717, 1.165) is 42.7 Å². The van der Waals surface area contributed by atoms with E-state index in [2.05, 4.69) is 19.7 Å². The fourth-order valence-corrected chi connectivity index (χ4v) is 3.51. The lowest BCUT2D eigenvalue weighted by atomic mass is 9.95. The van der Waals surface area contributed by atoms with Gasteiger partial charge in [-0.15, -0.1) is 0 Å². The van der Waals surface area contributed by atoms with Crippen LogP contribution in [-0.4, -0.2) is 43.6 Å². The van der Waals surface area contributed by atoms with Gasteiger partial charge in [0.25, 0.3) is 0 Å². The van der Waals surface area contributed by atoms with Crippen LogP contribution in [0, 0.1) is 0 Å². The molecule has 1 N–H and O–H groups in total. The zero-order valence-corrected chi connectivity index (χ0v) is 13.6. The number of aryl methyl sites for hydroxylation is 1. The van der Waals surface area contributed by atoms with E-state index in [9.17, 15) is 4.79 Å². The van der Waals surface area contributed by atoms with Gasteiger partial charge in [-0.05, 0) is 31.0 Å². The second-order valence-electron chi connectivity index (χ2n) is 6.37. The van der Waals surface area contributed by atoms with Crippen molar-refractivity contribution in [1.82, 2.24) is 24.6 Å². The Bertz CT molecular complexity index is 823. The number of nitrogens with one attached hydrogen (secondary N) is 1. The minimum Gasteiger partial charge on any atom is -0.342 e. The lowest BCUT2D eigenvalue weighted by Crippen LogP contribution is -2.39. The van der Waals surface area contributed by atoms with Crippen molar-refractivity contribution in [2.45, 2.75) is 31.7 Å². The minimum absolute atomic E-state index is 0.219. The van der Waals surface area contributed by atoms with Crippen molar-refractivity contribution < 1.29 is 4.79 Å². The number of carbonyl (C=O) groups excluding carboxylic acids is 1. The number of fused-ring (bicyclic) bond motifs is 1. The van der Waals surface area contributed by atoms with E-state index >= 15 is 0 Å². The van der Waals surface area contributed by atoms with E-state index in [-0.39, 0.29) is 5.91 Å². The van der Waals surface area contributed by atoms with Crippen molar-refractivity contribution in [2.24, 2.45) is 0 Å². The molecule has 0 bridgehead atoms. The Morgan fingerprint density at radius 3 is 3.08 bits per heavy atom. The van der Waals surface area contributed by atoms with Gasteiger partial charge in [-0.2, -0.15) is 5.10 Å². The first kappa shape index (κ1) is 14.9. The molecular formula is C18H21N5O. The lowest BCUT2D eigenvalue weighted by molar-refractivity contribution is -0.132. The van der Waals surface area contributed by atoms with Crippen molar-refractivity contribution in [3.63, 3.8) is 0 Å². The number of imidazole rings is 1. The lowest BCUT2D eigenvalue weighted by Gasteiger charge is -2.32. The highest BCUT2D eigenvalue weighted by molar-refractivity contribution is 5.77. The van der Waals surface area contributed by atoms with Crippen LogP contribution in [0.5, 0.6) is 0 Å². The molecule has 1 fully saturated rings. The van der Waals surface area contributed by atoms with Crippen molar-refractivity contribution in [2.75, 3.05) is 13.1 Å². The van der Waals surface area contributed by atoms with Crippen LogP contribution in [0.2, 0.25) is 0 Å². The summed E-state index contributed by atoms with van der Waals surface area (Å²) in [6, 6.07) is 10.0. The molecule has 3 heterocycles. The maximum absolute atomic E-state index is 12.6. The van der Waals surface area contributed by atoms with Gasteiger partial charge >= 0.3 is 0 Å². The van der Waals surface area contributed by atoms with E-state index in [1.54, 1.807) is 6.20 Å². The van der Waals surface area contributed by atoms with E-state index in [0.29, 0.717) is 18.9 Å². The van der Waals surface area contributed by atoms with Gasteiger partial charge < -0.3 is 9.47 Å². The van der Waals surface area contributed by atoms with E-state index in [4.69, 9.17) is 0 Å². The number of piperidine rings is 1. The van der Waals surface area contributed by atoms with Crippen LogP contribution in [0.4, 0.5) is 0 Å². The van der Waals surface area contributed by atoms with Gasteiger partial charge in [-0.25, -0.2) is 4.98 Å². The Morgan fingerprint density at radius 1 is 1.29 bits per heavy atom. The standard InChI is InChI=1S/C18H21N5O/c24-18(8-11-23-13-19-16-5-1-2-6-17(16)23)22-10-3-4-14(12-22)15-7-9-20-21-15/h1-2,5-7,9,13-14H,3-4,8,10-12H2,(H,20,21)/t14-/m0/s1. The number of carbonyl (C=O) groups is 1. The van der Waals surface area contributed by atoms with Crippen LogP contribution in [0.25, 0.3) is 11.0 Å². The monoisotopic (exact) mass is 323 g/mol. The highest BCUT2D eigenvalue weighted by Crippen LogP contribution is 2.25. The maximum Gasteiger partial charge on any atom is 0.224 e. The molecule has 0 radical (unpaired) electrons. The number of rotatable bonds is 4. The second-order valence-corrected chi connectivity index (χ2v) is 6.37. The summed E-state index contributed by atoms with van der Waals surface area (Å²) in [5.41, 5.74) is 3.19. The Hall–Kier alpha value is -2.63. The molecule has 1 aromatic carbocycles. The summed E-state index contributed by atoms with van der Waals surface area (Å²) in [4.78, 5) is 19.0. The minimum atomic E-state index is 0.219. The number of H-pyrrole nitrogens is 1. The molecule has 0 unspecified atom stereocenters.